The van der Waals surface area contributed by atoms with Crippen LogP contribution in [0.5, 0.6) is 5.75 Å². The number of amides is 1. The number of nitrogens with zero attached hydrogens (tertiary/aromatic N) is 2. The zero-order valence-corrected chi connectivity index (χ0v) is 11.0. The van der Waals surface area contributed by atoms with Crippen LogP contribution in [0.1, 0.15) is 10.4 Å². The maximum Gasteiger partial charge on any atom is 0.387 e. The number of alkyl halides is 2. The number of carbonyl (C=O) groups is 1. The first-order chi connectivity index (χ1) is 10.0. The summed E-state index contributed by atoms with van der Waals surface area (Å²) in [6.07, 6.45) is 3.17. The SMILES string of the molecule is Nc1cnn(CCNC(=O)c2ccc(OC(F)F)cc2)c1. The molecule has 1 amide bonds. The number of nitrogens with two attached hydrogens (primary N) is 1. The van der Waals surface area contributed by atoms with Crippen molar-refractivity contribution in [3.8, 4) is 5.75 Å². The monoisotopic (exact) mass is 296 g/mol. The number of rotatable bonds is 6. The number of nitrogen functional groups attached to an aromatic ring is 1. The van der Waals surface area contributed by atoms with Crippen LogP contribution >= 0.6 is 0 Å². The smallest absolute Gasteiger partial charge is 0.387 e. The fourth-order valence-electron chi connectivity index (χ4n) is 1.68. The molecule has 1 heterocycles. The second kappa shape index (κ2) is 6.69. The van der Waals surface area contributed by atoms with E-state index in [-0.39, 0.29) is 11.7 Å². The molecule has 0 atom stereocenters. The van der Waals surface area contributed by atoms with Gasteiger partial charge < -0.3 is 15.8 Å². The number of nitrogens with one attached hydrogen (secondary N) is 1. The standard InChI is InChI=1S/C13H14F2N4O2/c14-13(15)21-11-3-1-9(2-4-11)12(20)17-5-6-19-8-10(16)7-18-19/h1-4,7-8,13H,5-6,16H2,(H,17,20). The third-order valence-corrected chi connectivity index (χ3v) is 2.62. The van der Waals surface area contributed by atoms with E-state index in [2.05, 4.69) is 15.2 Å². The molecule has 8 heteroatoms. The van der Waals surface area contributed by atoms with E-state index < -0.39 is 6.61 Å². The Labute approximate surface area is 119 Å². The Morgan fingerprint density at radius 3 is 2.67 bits per heavy atom. The van der Waals surface area contributed by atoms with E-state index in [1.165, 1.54) is 30.5 Å². The maximum absolute atomic E-state index is 12.0. The number of ether oxygens (including phenoxy) is 1. The van der Waals surface area contributed by atoms with Crippen LogP contribution in [0.15, 0.2) is 36.7 Å². The van der Waals surface area contributed by atoms with Gasteiger partial charge in [-0.15, -0.1) is 0 Å². The van der Waals surface area contributed by atoms with Gasteiger partial charge in [-0.1, -0.05) is 0 Å². The van der Waals surface area contributed by atoms with Crippen molar-refractivity contribution >= 4 is 11.6 Å². The molecule has 21 heavy (non-hydrogen) atoms. The van der Waals surface area contributed by atoms with Crippen LogP contribution in [0.4, 0.5) is 14.5 Å². The summed E-state index contributed by atoms with van der Waals surface area (Å²) in [5, 5.41) is 6.66. The number of halogens is 2. The lowest BCUT2D eigenvalue weighted by Gasteiger charge is -2.07. The quantitative estimate of drug-likeness (QED) is 0.846. The van der Waals surface area contributed by atoms with E-state index in [1.54, 1.807) is 10.9 Å². The normalized spacial score (nSPS) is 10.6. The van der Waals surface area contributed by atoms with E-state index in [9.17, 15) is 13.6 Å². The molecule has 0 unspecified atom stereocenters. The summed E-state index contributed by atoms with van der Waals surface area (Å²) in [6.45, 7) is -2.03. The fourth-order valence-corrected chi connectivity index (χ4v) is 1.68. The van der Waals surface area contributed by atoms with Gasteiger partial charge in [-0.3, -0.25) is 9.48 Å². The largest absolute Gasteiger partial charge is 0.435 e. The molecule has 3 N–H and O–H groups in total. The van der Waals surface area contributed by atoms with Crippen molar-refractivity contribution in [2.24, 2.45) is 0 Å². The third-order valence-electron chi connectivity index (χ3n) is 2.62. The Bertz CT molecular complexity index is 598. The highest BCUT2D eigenvalue weighted by molar-refractivity contribution is 5.94. The van der Waals surface area contributed by atoms with Crippen molar-refractivity contribution in [2.75, 3.05) is 12.3 Å². The van der Waals surface area contributed by atoms with Crippen LogP contribution in [0.2, 0.25) is 0 Å². The Hall–Kier alpha value is -2.64. The number of anilines is 1. The van der Waals surface area contributed by atoms with Gasteiger partial charge in [0.2, 0.25) is 0 Å². The van der Waals surface area contributed by atoms with E-state index >= 15 is 0 Å². The zero-order valence-electron chi connectivity index (χ0n) is 11.0. The lowest BCUT2D eigenvalue weighted by Crippen LogP contribution is -2.27. The molecule has 1 aromatic carbocycles. The highest BCUT2D eigenvalue weighted by Gasteiger charge is 2.07. The lowest BCUT2D eigenvalue weighted by atomic mass is 10.2. The number of benzene rings is 1. The highest BCUT2D eigenvalue weighted by atomic mass is 19.3. The van der Waals surface area contributed by atoms with Crippen molar-refractivity contribution in [2.45, 2.75) is 13.2 Å². The van der Waals surface area contributed by atoms with Gasteiger partial charge in [0.1, 0.15) is 5.75 Å². The fraction of sp³-hybridized carbons (Fsp3) is 0.231. The Morgan fingerprint density at radius 2 is 2.10 bits per heavy atom. The van der Waals surface area contributed by atoms with Gasteiger partial charge in [0.15, 0.2) is 0 Å². The molecule has 0 radical (unpaired) electrons. The van der Waals surface area contributed by atoms with Crippen molar-refractivity contribution in [1.29, 1.82) is 0 Å². The Kier molecular flexibility index (Phi) is 4.70. The molecular formula is C13H14F2N4O2. The van der Waals surface area contributed by atoms with Gasteiger partial charge in [0.25, 0.3) is 5.91 Å². The molecule has 0 bridgehead atoms. The van der Waals surface area contributed by atoms with E-state index in [0.717, 1.165) is 0 Å². The van der Waals surface area contributed by atoms with Crippen LogP contribution in [-0.4, -0.2) is 28.8 Å². The molecule has 112 valence electrons. The molecule has 0 spiro atoms. The zero-order chi connectivity index (χ0) is 15.2. The molecule has 2 aromatic rings. The second-order valence-electron chi connectivity index (χ2n) is 4.20. The van der Waals surface area contributed by atoms with Crippen LogP contribution in [0, 0.1) is 0 Å². The minimum absolute atomic E-state index is 0.00793. The Balaban J connectivity index is 1.82. The number of carbonyl (C=O) groups excluding carboxylic acids is 1. The predicted octanol–water partition coefficient (Wildman–Crippen LogP) is 1.50. The summed E-state index contributed by atoms with van der Waals surface area (Å²) in [5.41, 5.74) is 6.42. The summed E-state index contributed by atoms with van der Waals surface area (Å²) in [7, 11) is 0. The molecular weight excluding hydrogens is 282 g/mol. The third kappa shape index (κ3) is 4.44. The van der Waals surface area contributed by atoms with Crippen molar-refractivity contribution in [3.63, 3.8) is 0 Å². The van der Waals surface area contributed by atoms with Crippen molar-refractivity contribution in [3.05, 3.63) is 42.2 Å². The molecule has 6 nitrogen and oxygen atoms in total. The average Bonchev–Trinajstić information content (AvgIpc) is 2.84. The van der Waals surface area contributed by atoms with Crippen LogP contribution in [0.25, 0.3) is 0 Å². The summed E-state index contributed by atoms with van der Waals surface area (Å²) in [4.78, 5) is 11.8. The Morgan fingerprint density at radius 1 is 1.38 bits per heavy atom. The average molecular weight is 296 g/mol. The maximum atomic E-state index is 12.0. The second-order valence-corrected chi connectivity index (χ2v) is 4.20. The molecule has 0 aliphatic heterocycles. The molecule has 0 saturated carbocycles. The molecule has 2 rings (SSSR count). The van der Waals surface area contributed by atoms with E-state index in [0.29, 0.717) is 24.3 Å². The lowest BCUT2D eigenvalue weighted by molar-refractivity contribution is -0.0498. The van der Waals surface area contributed by atoms with Crippen LogP contribution in [0.3, 0.4) is 0 Å². The number of aromatic nitrogens is 2. The first-order valence-electron chi connectivity index (χ1n) is 6.15. The van der Waals surface area contributed by atoms with Crippen LogP contribution in [-0.2, 0) is 6.54 Å². The molecule has 0 fully saturated rings. The minimum atomic E-state index is -2.88. The summed E-state index contributed by atoms with van der Waals surface area (Å²) in [6, 6.07) is 5.46. The van der Waals surface area contributed by atoms with Gasteiger partial charge in [0, 0.05) is 18.3 Å². The van der Waals surface area contributed by atoms with Gasteiger partial charge >= 0.3 is 6.61 Å². The summed E-state index contributed by atoms with van der Waals surface area (Å²) < 4.78 is 29.8. The first-order valence-corrected chi connectivity index (χ1v) is 6.15. The minimum Gasteiger partial charge on any atom is -0.435 e. The number of hydrogen-bond acceptors (Lipinski definition) is 4. The summed E-state index contributed by atoms with van der Waals surface area (Å²) >= 11 is 0. The van der Waals surface area contributed by atoms with Gasteiger partial charge in [-0.25, -0.2) is 0 Å². The molecule has 1 aromatic heterocycles. The molecule has 0 aliphatic carbocycles. The van der Waals surface area contributed by atoms with Gasteiger partial charge in [-0.2, -0.15) is 13.9 Å². The first kappa shape index (κ1) is 14.8. The molecule has 0 saturated heterocycles. The molecule has 0 aliphatic rings. The van der Waals surface area contributed by atoms with Gasteiger partial charge in [-0.05, 0) is 24.3 Å². The van der Waals surface area contributed by atoms with E-state index in [1.807, 2.05) is 0 Å². The highest BCUT2D eigenvalue weighted by Crippen LogP contribution is 2.14. The van der Waals surface area contributed by atoms with Crippen molar-refractivity contribution < 1.29 is 18.3 Å². The van der Waals surface area contributed by atoms with Crippen LogP contribution < -0.4 is 15.8 Å². The number of hydrogen-bond donors (Lipinski definition) is 2. The summed E-state index contributed by atoms with van der Waals surface area (Å²) in [5.74, 6) is -0.299. The van der Waals surface area contributed by atoms with Gasteiger partial charge in [0.05, 0.1) is 18.4 Å². The van der Waals surface area contributed by atoms with Crippen molar-refractivity contribution in [1.82, 2.24) is 15.1 Å². The predicted molar refractivity (Wildman–Crippen MR) is 72.0 cm³/mol. The topological polar surface area (TPSA) is 82.2 Å². The van der Waals surface area contributed by atoms with E-state index in [4.69, 9.17) is 5.73 Å².